The van der Waals surface area contributed by atoms with E-state index in [1.54, 1.807) is 6.07 Å². The number of benzene rings is 1. The van der Waals surface area contributed by atoms with Gasteiger partial charge in [-0.2, -0.15) is 0 Å². The van der Waals surface area contributed by atoms with Gasteiger partial charge in [0.25, 0.3) is 11.6 Å². The second-order valence-corrected chi connectivity index (χ2v) is 4.30. The summed E-state index contributed by atoms with van der Waals surface area (Å²) in [5.74, 6) is -0.0351. The van der Waals surface area contributed by atoms with Crippen molar-refractivity contribution in [3.05, 3.63) is 40.3 Å². The Hall–Kier alpha value is -3.10. The highest BCUT2D eigenvalue weighted by Crippen LogP contribution is 2.37. The zero-order valence-corrected chi connectivity index (χ0v) is 10.7. The van der Waals surface area contributed by atoms with Crippen molar-refractivity contribution in [2.24, 2.45) is 0 Å². The van der Waals surface area contributed by atoms with Gasteiger partial charge in [0.1, 0.15) is 17.6 Å². The molecule has 9 nitrogen and oxygen atoms in total. The molecule has 0 bridgehead atoms. The van der Waals surface area contributed by atoms with Crippen LogP contribution in [0.15, 0.2) is 29.0 Å². The van der Waals surface area contributed by atoms with Gasteiger partial charge in [0, 0.05) is 6.07 Å². The van der Waals surface area contributed by atoms with E-state index in [1.165, 1.54) is 18.4 Å². The number of hydrogen-bond acceptors (Lipinski definition) is 7. The zero-order valence-electron chi connectivity index (χ0n) is 10.7. The number of anilines is 2. The van der Waals surface area contributed by atoms with Gasteiger partial charge in [0.15, 0.2) is 12.4 Å². The van der Waals surface area contributed by atoms with Gasteiger partial charge in [-0.1, -0.05) is 5.16 Å². The lowest BCUT2D eigenvalue weighted by Gasteiger charge is -2.18. The second kappa shape index (κ2) is 5.12. The number of rotatable bonds is 4. The highest BCUT2D eigenvalue weighted by molar-refractivity contribution is 5.96. The molecule has 1 aromatic heterocycles. The molecule has 2 aromatic rings. The Bertz CT molecular complexity index is 698. The molecule has 0 spiro atoms. The van der Waals surface area contributed by atoms with Gasteiger partial charge in [-0.15, -0.1) is 0 Å². The average molecular weight is 290 g/mol. The number of hydrogen-bond donors (Lipinski definition) is 2. The Morgan fingerprint density at radius 3 is 3.05 bits per heavy atom. The molecule has 3 rings (SSSR count). The van der Waals surface area contributed by atoms with Crippen molar-refractivity contribution in [2.75, 3.05) is 17.2 Å². The van der Waals surface area contributed by atoms with Crippen LogP contribution >= 0.6 is 0 Å². The molecule has 2 heterocycles. The van der Waals surface area contributed by atoms with Crippen LogP contribution in [0.25, 0.3) is 0 Å². The number of amides is 1. The molecular weight excluding hydrogens is 280 g/mol. The molecule has 1 aliphatic heterocycles. The molecule has 2 N–H and O–H groups in total. The van der Waals surface area contributed by atoms with Crippen molar-refractivity contribution >= 4 is 23.0 Å². The summed E-state index contributed by atoms with van der Waals surface area (Å²) in [6.07, 6.45) is 1.41. The van der Waals surface area contributed by atoms with Crippen LogP contribution in [-0.2, 0) is 11.3 Å². The molecule has 1 aliphatic rings. The smallest absolute Gasteiger partial charge is 0.296 e. The number of fused-ring (bicyclic) bond motifs is 1. The van der Waals surface area contributed by atoms with E-state index >= 15 is 0 Å². The van der Waals surface area contributed by atoms with Crippen molar-refractivity contribution in [1.82, 2.24) is 5.16 Å². The summed E-state index contributed by atoms with van der Waals surface area (Å²) in [5.41, 5.74) is 1.10. The van der Waals surface area contributed by atoms with Crippen molar-refractivity contribution < 1.29 is 19.0 Å². The van der Waals surface area contributed by atoms with Gasteiger partial charge < -0.3 is 19.9 Å². The number of nitro benzene ring substituents is 1. The Labute approximate surface area is 118 Å². The summed E-state index contributed by atoms with van der Waals surface area (Å²) < 4.78 is 9.84. The Morgan fingerprint density at radius 2 is 2.33 bits per heavy atom. The van der Waals surface area contributed by atoms with Gasteiger partial charge in [-0.25, -0.2) is 0 Å². The molecular formula is C12H10N4O5. The molecule has 108 valence electrons. The molecule has 9 heteroatoms. The van der Waals surface area contributed by atoms with Crippen molar-refractivity contribution in [2.45, 2.75) is 6.54 Å². The molecule has 0 radical (unpaired) electrons. The molecule has 0 fully saturated rings. The number of aromatic nitrogens is 1. The molecule has 21 heavy (non-hydrogen) atoms. The van der Waals surface area contributed by atoms with Crippen LogP contribution in [0, 0.1) is 10.1 Å². The summed E-state index contributed by atoms with van der Waals surface area (Å²) in [7, 11) is 0. The van der Waals surface area contributed by atoms with Gasteiger partial charge in [-0.05, 0) is 6.07 Å². The lowest BCUT2D eigenvalue weighted by Crippen LogP contribution is -2.25. The third-order valence-corrected chi connectivity index (χ3v) is 2.88. The van der Waals surface area contributed by atoms with Crippen molar-refractivity contribution in [3.63, 3.8) is 0 Å². The minimum atomic E-state index is -0.523. The normalized spacial score (nSPS) is 13.0. The molecule has 0 saturated heterocycles. The minimum absolute atomic E-state index is 0.145. The molecule has 0 saturated carbocycles. The van der Waals surface area contributed by atoms with E-state index < -0.39 is 4.92 Å². The second-order valence-electron chi connectivity index (χ2n) is 4.30. The van der Waals surface area contributed by atoms with E-state index in [-0.39, 0.29) is 36.2 Å². The number of nitrogens with zero attached hydrogens (tertiary/aromatic N) is 2. The topological polar surface area (TPSA) is 120 Å². The first-order valence-corrected chi connectivity index (χ1v) is 6.01. The summed E-state index contributed by atoms with van der Waals surface area (Å²) in [5, 5.41) is 20.3. The van der Waals surface area contributed by atoms with Crippen LogP contribution in [0.5, 0.6) is 5.75 Å². The van der Waals surface area contributed by atoms with E-state index in [9.17, 15) is 14.9 Å². The fourth-order valence-electron chi connectivity index (χ4n) is 1.92. The van der Waals surface area contributed by atoms with E-state index in [4.69, 9.17) is 4.74 Å². The van der Waals surface area contributed by atoms with Crippen LogP contribution in [0.2, 0.25) is 0 Å². The minimum Gasteiger partial charge on any atom is -0.481 e. The number of carbonyl (C=O) groups is 1. The Morgan fingerprint density at radius 1 is 1.48 bits per heavy atom. The van der Waals surface area contributed by atoms with Gasteiger partial charge in [0.2, 0.25) is 0 Å². The number of ether oxygens (including phenoxy) is 1. The monoisotopic (exact) mass is 290 g/mol. The molecule has 0 atom stereocenters. The molecule has 0 aliphatic carbocycles. The predicted molar refractivity (Wildman–Crippen MR) is 71.1 cm³/mol. The van der Waals surface area contributed by atoms with Crippen LogP contribution in [0.1, 0.15) is 5.69 Å². The highest BCUT2D eigenvalue weighted by atomic mass is 16.6. The summed E-state index contributed by atoms with van der Waals surface area (Å²) >= 11 is 0. The number of nitrogens with one attached hydrogen (secondary N) is 2. The number of carbonyl (C=O) groups excluding carboxylic acids is 1. The first-order valence-electron chi connectivity index (χ1n) is 6.01. The fourth-order valence-corrected chi connectivity index (χ4v) is 1.92. The maximum Gasteiger partial charge on any atom is 0.296 e. The van der Waals surface area contributed by atoms with Crippen LogP contribution in [0.4, 0.5) is 17.1 Å². The molecule has 0 unspecified atom stereocenters. The maximum absolute atomic E-state index is 11.3. The SMILES string of the molecule is O=C1COc2cc([N+](=O)[O-])c(NCc3ccon3)cc2N1. The third-order valence-electron chi connectivity index (χ3n) is 2.88. The first kappa shape index (κ1) is 12.9. The quantitative estimate of drug-likeness (QED) is 0.647. The molecule has 1 amide bonds. The summed E-state index contributed by atoms with van der Waals surface area (Å²) in [4.78, 5) is 21.9. The summed E-state index contributed by atoms with van der Waals surface area (Å²) in [6, 6.07) is 4.38. The molecule has 1 aromatic carbocycles. The first-order chi connectivity index (χ1) is 10.1. The van der Waals surface area contributed by atoms with E-state index in [2.05, 4.69) is 20.3 Å². The van der Waals surface area contributed by atoms with Gasteiger partial charge >= 0.3 is 0 Å². The van der Waals surface area contributed by atoms with Crippen molar-refractivity contribution in [1.29, 1.82) is 0 Å². The fraction of sp³-hybridized carbons (Fsp3) is 0.167. The standard InChI is InChI=1S/C12H10N4O5/c17-12-6-20-11-4-10(16(18)19)8(3-9(11)14-12)13-5-7-1-2-21-15-7/h1-4,13H,5-6H2,(H,14,17). The predicted octanol–water partition coefficient (Wildman–Crippen LogP) is 1.53. The van der Waals surface area contributed by atoms with Crippen LogP contribution < -0.4 is 15.4 Å². The largest absolute Gasteiger partial charge is 0.481 e. The summed E-state index contributed by atoms with van der Waals surface area (Å²) in [6.45, 7) is 0.0980. The van der Waals surface area contributed by atoms with Crippen molar-refractivity contribution in [3.8, 4) is 5.75 Å². The highest BCUT2D eigenvalue weighted by Gasteiger charge is 2.23. The Kier molecular flexibility index (Phi) is 3.14. The third kappa shape index (κ3) is 2.61. The lowest BCUT2D eigenvalue weighted by molar-refractivity contribution is -0.384. The maximum atomic E-state index is 11.3. The zero-order chi connectivity index (χ0) is 14.8. The number of nitro groups is 1. The van der Waals surface area contributed by atoms with Crippen LogP contribution in [0.3, 0.4) is 0 Å². The average Bonchev–Trinajstić information content (AvgIpc) is 2.97. The van der Waals surface area contributed by atoms with E-state index in [0.717, 1.165) is 0 Å². The Balaban J connectivity index is 1.91. The van der Waals surface area contributed by atoms with E-state index in [1.807, 2.05) is 0 Å². The lowest BCUT2D eigenvalue weighted by atomic mass is 10.2. The van der Waals surface area contributed by atoms with Crippen LogP contribution in [-0.4, -0.2) is 22.6 Å². The van der Waals surface area contributed by atoms with Gasteiger partial charge in [-0.3, -0.25) is 14.9 Å². The van der Waals surface area contributed by atoms with Gasteiger partial charge in [0.05, 0.1) is 23.2 Å². The van der Waals surface area contributed by atoms with E-state index in [0.29, 0.717) is 11.4 Å².